The summed E-state index contributed by atoms with van der Waals surface area (Å²) in [6.45, 7) is 4.24. The molecule has 0 saturated heterocycles. The van der Waals surface area contributed by atoms with Crippen molar-refractivity contribution in [3.63, 3.8) is 0 Å². The van der Waals surface area contributed by atoms with Crippen molar-refractivity contribution in [2.45, 2.75) is 38.8 Å². The fourth-order valence-electron chi connectivity index (χ4n) is 1.04. The van der Waals surface area contributed by atoms with Crippen molar-refractivity contribution in [2.24, 2.45) is 0 Å². The van der Waals surface area contributed by atoms with Gasteiger partial charge in [0.05, 0.1) is 12.9 Å². The third-order valence-corrected chi connectivity index (χ3v) is 2.10. The first-order chi connectivity index (χ1) is 6.13. The summed E-state index contributed by atoms with van der Waals surface area (Å²) in [5, 5.41) is 9.99. The largest absolute Gasteiger partial charge is 0.352 e. The van der Waals surface area contributed by atoms with Crippen LogP contribution in [0.15, 0.2) is 0 Å². The molecule has 0 aromatic heterocycles. The van der Waals surface area contributed by atoms with Crippen molar-refractivity contribution >= 4 is 12.2 Å². The molecule has 13 heavy (non-hydrogen) atoms. The highest BCUT2D eigenvalue weighted by atomic mass is 16.2. The first kappa shape index (κ1) is 10.0. The fourth-order valence-corrected chi connectivity index (χ4v) is 1.04. The molecule has 0 aromatic carbocycles. The number of hydrogen-bond donors (Lipinski definition) is 2. The van der Waals surface area contributed by atoms with E-state index in [-0.39, 0.29) is 11.9 Å². The number of nitrogens with zero attached hydrogens (tertiary/aromatic N) is 1. The summed E-state index contributed by atoms with van der Waals surface area (Å²) in [6, 6.07) is 0.620. The van der Waals surface area contributed by atoms with Crippen LogP contribution in [0.4, 0.5) is 0 Å². The first-order valence-corrected chi connectivity index (χ1v) is 4.69. The van der Waals surface area contributed by atoms with Crippen LogP contribution < -0.4 is 5.32 Å². The zero-order valence-electron chi connectivity index (χ0n) is 8.21. The van der Waals surface area contributed by atoms with Crippen LogP contribution in [0.25, 0.3) is 0 Å². The maximum Gasteiger partial charge on any atom is 0.239 e. The van der Waals surface area contributed by atoms with Gasteiger partial charge in [0.2, 0.25) is 5.91 Å². The second-order valence-corrected chi connectivity index (χ2v) is 3.74. The molecule has 1 aliphatic carbocycles. The van der Waals surface area contributed by atoms with Crippen molar-refractivity contribution in [3.05, 3.63) is 0 Å². The average molecular weight is 183 g/mol. The average Bonchev–Trinajstić information content (AvgIpc) is 2.83. The van der Waals surface area contributed by atoms with E-state index >= 15 is 0 Å². The third kappa shape index (κ3) is 3.44. The number of carbonyl (C=O) groups excluding carboxylic acids is 1. The van der Waals surface area contributed by atoms with E-state index in [4.69, 9.17) is 5.41 Å². The van der Waals surface area contributed by atoms with Gasteiger partial charge < -0.3 is 10.2 Å². The Balaban J connectivity index is 2.26. The van der Waals surface area contributed by atoms with Gasteiger partial charge in [0.1, 0.15) is 0 Å². The second kappa shape index (κ2) is 4.25. The summed E-state index contributed by atoms with van der Waals surface area (Å²) in [6.07, 6.45) is 3.44. The van der Waals surface area contributed by atoms with Crippen LogP contribution in [0.3, 0.4) is 0 Å². The number of carbonyl (C=O) groups is 1. The van der Waals surface area contributed by atoms with E-state index in [0.717, 1.165) is 12.8 Å². The van der Waals surface area contributed by atoms with Gasteiger partial charge in [-0.2, -0.15) is 0 Å². The Morgan fingerprint density at radius 3 is 2.69 bits per heavy atom. The Bertz CT molecular complexity index is 199. The lowest BCUT2D eigenvalue weighted by Gasteiger charge is -2.22. The molecule has 2 N–H and O–H groups in total. The van der Waals surface area contributed by atoms with E-state index in [9.17, 15) is 4.79 Å². The van der Waals surface area contributed by atoms with Crippen LogP contribution in [0, 0.1) is 5.41 Å². The molecule has 4 nitrogen and oxygen atoms in total. The predicted molar refractivity (Wildman–Crippen MR) is 51.8 cm³/mol. The Hall–Kier alpha value is -1.06. The van der Waals surface area contributed by atoms with Crippen LogP contribution in [-0.2, 0) is 4.79 Å². The van der Waals surface area contributed by atoms with Crippen LogP contribution in [0.2, 0.25) is 0 Å². The summed E-state index contributed by atoms with van der Waals surface area (Å²) < 4.78 is 0. The highest BCUT2D eigenvalue weighted by Gasteiger charge is 2.23. The third-order valence-electron chi connectivity index (χ3n) is 2.10. The molecule has 0 atom stereocenters. The highest BCUT2D eigenvalue weighted by molar-refractivity contribution is 5.80. The summed E-state index contributed by atoms with van der Waals surface area (Å²) in [5.74, 6) is 0.0275. The zero-order valence-corrected chi connectivity index (χ0v) is 8.21. The molecule has 0 radical (unpaired) electrons. The van der Waals surface area contributed by atoms with Crippen molar-refractivity contribution < 1.29 is 4.79 Å². The van der Waals surface area contributed by atoms with Gasteiger partial charge >= 0.3 is 0 Å². The molecule has 4 heteroatoms. The minimum atomic E-state index is 0.0275. The molecule has 1 saturated carbocycles. The monoisotopic (exact) mass is 183 g/mol. The quantitative estimate of drug-likeness (QED) is 0.484. The minimum Gasteiger partial charge on any atom is -0.352 e. The molecule has 74 valence electrons. The molecule has 0 aromatic rings. The molecule has 0 unspecified atom stereocenters. The number of amides is 1. The van der Waals surface area contributed by atoms with Crippen LogP contribution in [-0.4, -0.2) is 35.8 Å². The molecule has 1 amide bonds. The Kier molecular flexibility index (Phi) is 3.28. The van der Waals surface area contributed by atoms with E-state index in [1.807, 2.05) is 13.8 Å². The molecule has 0 spiro atoms. The molecular formula is C9H17N3O. The van der Waals surface area contributed by atoms with E-state index in [0.29, 0.717) is 12.6 Å². The lowest BCUT2D eigenvalue weighted by Crippen LogP contribution is -2.40. The van der Waals surface area contributed by atoms with Gasteiger partial charge in [-0.15, -0.1) is 0 Å². The fraction of sp³-hybridized carbons (Fsp3) is 0.778. The molecule has 0 aliphatic heterocycles. The number of hydrogen-bond acceptors (Lipinski definition) is 2. The maximum atomic E-state index is 11.3. The Morgan fingerprint density at radius 1 is 1.69 bits per heavy atom. The van der Waals surface area contributed by atoms with Crippen LogP contribution >= 0.6 is 0 Å². The van der Waals surface area contributed by atoms with Crippen LogP contribution in [0.1, 0.15) is 26.7 Å². The number of rotatable bonds is 5. The van der Waals surface area contributed by atoms with Crippen molar-refractivity contribution in [1.82, 2.24) is 10.2 Å². The highest BCUT2D eigenvalue weighted by Crippen LogP contribution is 2.18. The number of nitrogens with one attached hydrogen (secondary N) is 2. The standard InChI is InChI=1S/C9H17N3O/c1-7(2)12(6-10)5-9(13)11-8-3-4-8/h6-8,10H,3-5H2,1-2H3,(H,11,13). The Morgan fingerprint density at radius 2 is 2.31 bits per heavy atom. The van der Waals surface area contributed by atoms with Gasteiger partial charge in [0.15, 0.2) is 0 Å². The molecule has 1 fully saturated rings. The smallest absolute Gasteiger partial charge is 0.239 e. The van der Waals surface area contributed by atoms with Gasteiger partial charge in [-0.05, 0) is 26.7 Å². The Labute approximate surface area is 78.8 Å². The van der Waals surface area contributed by atoms with E-state index in [1.54, 1.807) is 4.90 Å². The summed E-state index contributed by atoms with van der Waals surface area (Å²) in [4.78, 5) is 13.0. The predicted octanol–water partition coefficient (Wildman–Crippen LogP) is 0.582. The second-order valence-electron chi connectivity index (χ2n) is 3.74. The van der Waals surface area contributed by atoms with Gasteiger partial charge in [-0.1, -0.05) is 0 Å². The van der Waals surface area contributed by atoms with E-state index in [1.165, 1.54) is 6.34 Å². The van der Waals surface area contributed by atoms with Crippen molar-refractivity contribution in [2.75, 3.05) is 6.54 Å². The minimum absolute atomic E-state index is 0.0275. The van der Waals surface area contributed by atoms with Crippen molar-refractivity contribution in [1.29, 1.82) is 5.41 Å². The van der Waals surface area contributed by atoms with Gasteiger partial charge in [0, 0.05) is 12.1 Å². The van der Waals surface area contributed by atoms with Crippen LogP contribution in [0.5, 0.6) is 0 Å². The molecular weight excluding hydrogens is 166 g/mol. The van der Waals surface area contributed by atoms with Crippen molar-refractivity contribution in [3.8, 4) is 0 Å². The maximum absolute atomic E-state index is 11.3. The normalized spacial score (nSPS) is 15.6. The molecule has 1 rings (SSSR count). The molecule has 0 bridgehead atoms. The SMILES string of the molecule is CC(C)N(C=N)CC(=O)NC1CC1. The lowest BCUT2D eigenvalue weighted by molar-refractivity contribution is -0.121. The van der Waals surface area contributed by atoms with E-state index in [2.05, 4.69) is 5.32 Å². The summed E-state index contributed by atoms with van der Waals surface area (Å²) in [5.41, 5.74) is 0. The summed E-state index contributed by atoms with van der Waals surface area (Å²) >= 11 is 0. The zero-order chi connectivity index (χ0) is 9.84. The van der Waals surface area contributed by atoms with Gasteiger partial charge in [-0.3, -0.25) is 10.2 Å². The molecule has 0 heterocycles. The topological polar surface area (TPSA) is 56.2 Å². The van der Waals surface area contributed by atoms with E-state index < -0.39 is 0 Å². The van der Waals surface area contributed by atoms with Gasteiger partial charge in [0.25, 0.3) is 0 Å². The van der Waals surface area contributed by atoms with Gasteiger partial charge in [-0.25, -0.2) is 0 Å². The lowest BCUT2D eigenvalue weighted by atomic mass is 10.3. The first-order valence-electron chi connectivity index (χ1n) is 4.69. The molecule has 1 aliphatic rings. The summed E-state index contributed by atoms with van der Waals surface area (Å²) in [7, 11) is 0.